The number of rotatable bonds is 14. The number of nitrogens with zero attached hydrogens (tertiary/aromatic N) is 1. The molecule has 1 aliphatic rings. The van der Waals surface area contributed by atoms with Crippen molar-refractivity contribution in [3.63, 3.8) is 0 Å². The number of amides is 1. The molecule has 53 heavy (non-hydrogen) atoms. The molecule has 0 spiro atoms. The van der Waals surface area contributed by atoms with Gasteiger partial charge in [-0.05, 0) is 45.9 Å². The lowest BCUT2D eigenvalue weighted by atomic mass is 9.89. The Bertz CT molecular complexity index is 1880. The summed E-state index contributed by atoms with van der Waals surface area (Å²) in [6.45, 7) is 7.57. The molecule has 1 fully saturated rings. The number of hydrogen-bond donors (Lipinski definition) is 2. The van der Waals surface area contributed by atoms with Gasteiger partial charge in [0.1, 0.15) is 0 Å². The van der Waals surface area contributed by atoms with Crippen molar-refractivity contribution in [1.29, 1.82) is 0 Å². The molecule has 5 atom stereocenters. The van der Waals surface area contributed by atoms with Gasteiger partial charge in [0, 0.05) is 44.6 Å². The monoisotopic (exact) mass is 712 g/mol. The topological polar surface area (TPSA) is 97.3 Å². The summed E-state index contributed by atoms with van der Waals surface area (Å²) in [5.74, 6) is -0.819. The van der Waals surface area contributed by atoms with E-state index in [2.05, 4.69) is 77.8 Å². The van der Waals surface area contributed by atoms with Gasteiger partial charge in [-0.2, -0.15) is 0 Å². The van der Waals surface area contributed by atoms with Gasteiger partial charge >= 0.3 is 5.97 Å². The van der Waals surface area contributed by atoms with Gasteiger partial charge in [-0.25, -0.2) is 0 Å². The predicted molar refractivity (Wildman–Crippen MR) is 205 cm³/mol. The highest BCUT2D eigenvalue weighted by Gasteiger charge is 2.39. The molecule has 1 aliphatic heterocycles. The summed E-state index contributed by atoms with van der Waals surface area (Å²) in [5, 5.41) is 12.6. The lowest BCUT2D eigenvalue weighted by molar-refractivity contribution is -0.276. The van der Waals surface area contributed by atoms with Crippen LogP contribution in [0.15, 0.2) is 133 Å². The van der Waals surface area contributed by atoms with E-state index in [0.717, 1.165) is 46.5 Å². The average molecular weight is 713 g/mol. The molecule has 0 aromatic heterocycles. The van der Waals surface area contributed by atoms with Crippen LogP contribution in [0.4, 0.5) is 0 Å². The summed E-state index contributed by atoms with van der Waals surface area (Å²) in [4.78, 5) is 26.3. The van der Waals surface area contributed by atoms with Crippen LogP contribution in [0.1, 0.15) is 66.5 Å². The van der Waals surface area contributed by atoms with Gasteiger partial charge in [0.15, 0.2) is 12.4 Å². The normalized spacial score (nSPS) is 19.0. The largest absolute Gasteiger partial charge is 0.453 e. The van der Waals surface area contributed by atoms with E-state index >= 15 is 0 Å². The van der Waals surface area contributed by atoms with Crippen molar-refractivity contribution in [3.8, 4) is 11.1 Å². The van der Waals surface area contributed by atoms with Gasteiger partial charge in [-0.1, -0.05) is 140 Å². The highest BCUT2D eigenvalue weighted by molar-refractivity contribution is 5.83. The highest BCUT2D eigenvalue weighted by Crippen LogP contribution is 2.42. The van der Waals surface area contributed by atoms with Crippen LogP contribution in [0.2, 0.25) is 0 Å². The minimum Gasteiger partial charge on any atom is -0.453 e. The van der Waals surface area contributed by atoms with Crippen molar-refractivity contribution in [2.24, 2.45) is 5.92 Å². The minimum absolute atomic E-state index is 0.0150. The fourth-order valence-electron chi connectivity index (χ4n) is 6.86. The van der Waals surface area contributed by atoms with Crippen LogP contribution in [0, 0.1) is 5.92 Å². The molecule has 0 unspecified atom stereocenters. The van der Waals surface area contributed by atoms with Gasteiger partial charge in [-0.3, -0.25) is 14.5 Å². The molecule has 274 valence electrons. The van der Waals surface area contributed by atoms with Crippen molar-refractivity contribution in [3.05, 3.63) is 167 Å². The number of nitrogens with one attached hydrogen (secondary N) is 1. The fraction of sp³-hybridized carbons (Fsp3) is 0.289. The summed E-state index contributed by atoms with van der Waals surface area (Å²) in [6, 6.07) is 45.2. The molecular weight excluding hydrogens is 665 g/mol. The van der Waals surface area contributed by atoms with Crippen molar-refractivity contribution in [1.82, 2.24) is 10.2 Å². The van der Waals surface area contributed by atoms with E-state index in [0.29, 0.717) is 6.54 Å². The van der Waals surface area contributed by atoms with E-state index in [-0.39, 0.29) is 37.2 Å². The molecular formula is C45H48N2O6. The number of aliphatic hydroxyl groups is 1. The Balaban J connectivity index is 1.25. The van der Waals surface area contributed by atoms with E-state index in [9.17, 15) is 14.7 Å². The lowest BCUT2D eigenvalue weighted by Gasteiger charge is -2.43. The zero-order chi connectivity index (χ0) is 37.2. The van der Waals surface area contributed by atoms with E-state index in [1.165, 1.54) is 18.1 Å². The lowest BCUT2D eigenvalue weighted by Crippen LogP contribution is -2.44. The van der Waals surface area contributed by atoms with Crippen LogP contribution >= 0.6 is 0 Å². The average Bonchev–Trinajstić information content (AvgIpc) is 3.18. The number of carbonyl (C=O) groups excluding carboxylic acids is 2. The first-order chi connectivity index (χ1) is 25.8. The maximum Gasteiger partial charge on any atom is 0.303 e. The number of ether oxygens (including phenoxy) is 3. The zero-order valence-corrected chi connectivity index (χ0v) is 30.6. The highest BCUT2D eigenvalue weighted by atomic mass is 16.7. The maximum atomic E-state index is 12.5. The number of esters is 1. The molecule has 1 saturated heterocycles. The first-order valence-electron chi connectivity index (χ1n) is 18.2. The Morgan fingerprint density at radius 1 is 0.755 bits per heavy atom. The molecule has 1 amide bonds. The second-order valence-corrected chi connectivity index (χ2v) is 13.7. The van der Waals surface area contributed by atoms with Gasteiger partial charge < -0.3 is 24.6 Å². The molecule has 0 radical (unpaired) electrons. The van der Waals surface area contributed by atoms with Gasteiger partial charge in [0.05, 0.1) is 18.8 Å². The van der Waals surface area contributed by atoms with E-state index in [1.54, 1.807) is 6.92 Å². The third kappa shape index (κ3) is 10.1. The summed E-state index contributed by atoms with van der Waals surface area (Å²) in [7, 11) is 0. The Hall–Kier alpha value is -5.12. The van der Waals surface area contributed by atoms with Crippen LogP contribution in [-0.2, 0) is 50.0 Å². The van der Waals surface area contributed by atoms with Gasteiger partial charge in [-0.15, -0.1) is 0 Å². The van der Waals surface area contributed by atoms with Crippen LogP contribution in [0.3, 0.4) is 0 Å². The third-order valence-corrected chi connectivity index (χ3v) is 9.74. The Kier molecular flexibility index (Phi) is 12.8. The van der Waals surface area contributed by atoms with Crippen molar-refractivity contribution >= 4 is 11.9 Å². The van der Waals surface area contributed by atoms with E-state index in [4.69, 9.17) is 14.2 Å². The molecule has 8 nitrogen and oxygen atoms in total. The standard InChI is InChI=1S/C45H48N2O6/c1-31-42(29-47(27-34-12-6-4-7-13-34)28-35-14-8-5-9-15-35)52-45(53-43(31)38-20-18-36(30-48)19-21-38)39-24-22-37(23-25-39)41-17-11-10-16-40(41)26-46-44(50)32(2)51-33(3)49/h4-25,31-32,42-43,45,48H,26-30H2,1-3H3,(H,46,50)/t31-,32-,42+,43+,45+/m0/s1. The van der Waals surface area contributed by atoms with Crippen LogP contribution in [-0.4, -0.2) is 40.6 Å². The quantitative estimate of drug-likeness (QED) is 0.113. The number of benzene rings is 5. The first kappa shape index (κ1) is 37.6. The number of aliphatic hydroxyl groups excluding tert-OH is 1. The smallest absolute Gasteiger partial charge is 0.303 e. The molecule has 8 heteroatoms. The van der Waals surface area contributed by atoms with Crippen molar-refractivity contribution in [2.45, 2.75) is 71.6 Å². The summed E-state index contributed by atoms with van der Waals surface area (Å²) in [6.07, 6.45) is -1.87. The Labute approximate surface area is 312 Å². The molecule has 6 rings (SSSR count). The molecule has 2 N–H and O–H groups in total. The molecule has 1 heterocycles. The maximum absolute atomic E-state index is 12.5. The number of carbonyl (C=O) groups is 2. The molecule has 5 aromatic rings. The van der Waals surface area contributed by atoms with Gasteiger partial charge in [0.25, 0.3) is 5.91 Å². The van der Waals surface area contributed by atoms with Crippen molar-refractivity contribution < 1.29 is 28.9 Å². The van der Waals surface area contributed by atoms with Gasteiger partial charge in [0.2, 0.25) is 0 Å². The van der Waals surface area contributed by atoms with Crippen molar-refractivity contribution in [2.75, 3.05) is 6.54 Å². The Morgan fingerprint density at radius 3 is 1.94 bits per heavy atom. The second-order valence-electron chi connectivity index (χ2n) is 13.7. The third-order valence-electron chi connectivity index (χ3n) is 9.74. The molecule has 0 bridgehead atoms. The summed E-state index contributed by atoms with van der Waals surface area (Å²) >= 11 is 0. The Morgan fingerprint density at radius 2 is 1.34 bits per heavy atom. The predicted octanol–water partition coefficient (Wildman–Crippen LogP) is 7.91. The SMILES string of the molecule is CC(=O)O[C@@H](C)C(=O)NCc1ccccc1-c1ccc([C@@H]2O[C@H](CN(Cc3ccccc3)Cc3ccccc3)[C@H](C)[C@H](c3ccc(CO)cc3)O2)cc1. The molecule has 5 aromatic carbocycles. The second kappa shape index (κ2) is 18.1. The fourth-order valence-corrected chi connectivity index (χ4v) is 6.86. The summed E-state index contributed by atoms with van der Waals surface area (Å²) < 4.78 is 18.7. The first-order valence-corrected chi connectivity index (χ1v) is 18.2. The summed E-state index contributed by atoms with van der Waals surface area (Å²) in [5.41, 5.74) is 8.19. The molecule has 0 aliphatic carbocycles. The number of hydrogen-bond acceptors (Lipinski definition) is 7. The van der Waals surface area contributed by atoms with Crippen LogP contribution in [0.5, 0.6) is 0 Å². The van der Waals surface area contributed by atoms with Crippen LogP contribution < -0.4 is 5.32 Å². The minimum atomic E-state index is -0.874. The van der Waals surface area contributed by atoms with E-state index < -0.39 is 18.4 Å². The van der Waals surface area contributed by atoms with E-state index in [1.807, 2.05) is 72.8 Å². The zero-order valence-electron chi connectivity index (χ0n) is 30.6. The molecule has 0 saturated carbocycles. The van der Waals surface area contributed by atoms with Crippen LogP contribution in [0.25, 0.3) is 11.1 Å².